The van der Waals surface area contributed by atoms with E-state index in [0.29, 0.717) is 23.6 Å². The van der Waals surface area contributed by atoms with Crippen molar-refractivity contribution in [2.24, 2.45) is 0 Å². The Balaban J connectivity index is 2.41. The predicted molar refractivity (Wildman–Crippen MR) is 133 cm³/mol. The zero-order valence-corrected chi connectivity index (χ0v) is 21.9. The molecule has 7 nitrogen and oxygen atoms in total. The van der Waals surface area contributed by atoms with Crippen LogP contribution in [0, 0.1) is 5.82 Å². The Labute approximate surface area is 213 Å². The lowest BCUT2D eigenvalue weighted by Crippen LogP contribution is -2.51. The molecule has 2 rings (SSSR count). The average molecular weight is 553 g/mol. The van der Waals surface area contributed by atoms with Crippen molar-refractivity contribution in [3.63, 3.8) is 0 Å². The number of nitrogens with one attached hydrogen (secondary N) is 1. The maximum atomic E-state index is 13.6. The van der Waals surface area contributed by atoms with E-state index >= 15 is 0 Å². The number of hydrogen-bond acceptors (Lipinski definition) is 4. The van der Waals surface area contributed by atoms with Crippen LogP contribution in [0.5, 0.6) is 0 Å². The molecule has 0 aliphatic heterocycles. The summed E-state index contributed by atoms with van der Waals surface area (Å²) in [4.78, 5) is 27.3. The van der Waals surface area contributed by atoms with Gasteiger partial charge in [0, 0.05) is 13.1 Å². The van der Waals surface area contributed by atoms with Crippen molar-refractivity contribution in [3.05, 3.63) is 62.8 Å². The number of benzene rings is 2. The molecule has 0 bridgehead atoms. The van der Waals surface area contributed by atoms with Gasteiger partial charge in [0.05, 0.1) is 27.0 Å². The van der Waals surface area contributed by atoms with Gasteiger partial charge in [-0.1, -0.05) is 47.8 Å². The molecule has 12 heteroatoms. The summed E-state index contributed by atoms with van der Waals surface area (Å²) in [6.07, 6.45) is 1.62. The molecule has 0 saturated heterocycles. The average Bonchev–Trinajstić information content (AvgIpc) is 2.77. The van der Waals surface area contributed by atoms with Gasteiger partial charge in [0.25, 0.3) is 0 Å². The van der Waals surface area contributed by atoms with E-state index in [1.807, 2.05) is 6.92 Å². The van der Waals surface area contributed by atoms with Gasteiger partial charge in [-0.05, 0) is 49.2 Å². The van der Waals surface area contributed by atoms with Crippen LogP contribution in [0.15, 0.2) is 36.4 Å². The van der Waals surface area contributed by atoms with Gasteiger partial charge in [0.1, 0.15) is 18.4 Å². The van der Waals surface area contributed by atoms with Crippen molar-refractivity contribution in [2.45, 2.75) is 32.9 Å². The first-order chi connectivity index (χ1) is 15.8. The van der Waals surface area contributed by atoms with Crippen LogP contribution in [0.25, 0.3) is 0 Å². The van der Waals surface area contributed by atoms with E-state index in [9.17, 15) is 22.4 Å². The first kappa shape index (κ1) is 28.2. The van der Waals surface area contributed by atoms with Crippen molar-refractivity contribution >= 4 is 62.3 Å². The van der Waals surface area contributed by atoms with E-state index < -0.39 is 40.2 Å². The van der Waals surface area contributed by atoms with Crippen LogP contribution in [0.1, 0.15) is 25.8 Å². The highest BCUT2D eigenvalue weighted by atomic mass is 35.5. The third-order valence-corrected chi connectivity index (χ3v) is 7.09. The first-order valence-corrected chi connectivity index (χ1v) is 13.3. The second-order valence-corrected chi connectivity index (χ2v) is 10.7. The van der Waals surface area contributed by atoms with Gasteiger partial charge in [-0.2, -0.15) is 0 Å². The smallest absolute Gasteiger partial charge is 0.244 e. The van der Waals surface area contributed by atoms with Crippen molar-refractivity contribution in [1.29, 1.82) is 0 Å². The van der Waals surface area contributed by atoms with Crippen molar-refractivity contribution in [3.8, 4) is 0 Å². The van der Waals surface area contributed by atoms with E-state index in [2.05, 4.69) is 5.32 Å². The van der Waals surface area contributed by atoms with Gasteiger partial charge in [0.2, 0.25) is 21.8 Å². The molecule has 1 N–H and O–H groups in total. The monoisotopic (exact) mass is 551 g/mol. The zero-order valence-electron chi connectivity index (χ0n) is 18.8. The van der Waals surface area contributed by atoms with Crippen LogP contribution in [-0.4, -0.2) is 50.5 Å². The Morgan fingerprint density at radius 2 is 1.74 bits per heavy atom. The minimum atomic E-state index is -3.96. The second kappa shape index (κ2) is 12.1. The Hall–Kier alpha value is -2.07. The van der Waals surface area contributed by atoms with E-state index in [4.69, 9.17) is 34.8 Å². The number of hydrogen-bond donors (Lipinski definition) is 1. The largest absolute Gasteiger partial charge is 0.354 e. The first-order valence-electron chi connectivity index (χ1n) is 10.3. The molecule has 0 aliphatic rings. The summed E-state index contributed by atoms with van der Waals surface area (Å²) in [5.41, 5.74) is 0.605. The topological polar surface area (TPSA) is 86.8 Å². The highest BCUT2D eigenvalue weighted by Crippen LogP contribution is 2.26. The molecule has 2 amide bonds. The molecule has 0 spiro atoms. The molecule has 1 atom stereocenters. The highest BCUT2D eigenvalue weighted by Gasteiger charge is 2.30. The second-order valence-electron chi connectivity index (χ2n) is 7.61. The van der Waals surface area contributed by atoms with Gasteiger partial charge in [0.15, 0.2) is 0 Å². The maximum absolute atomic E-state index is 13.6. The third kappa shape index (κ3) is 7.46. The van der Waals surface area contributed by atoms with Gasteiger partial charge in [-0.15, -0.1) is 0 Å². The quantitative estimate of drug-likeness (QED) is 0.470. The summed E-state index contributed by atoms with van der Waals surface area (Å²) in [5, 5.41) is 3.04. The van der Waals surface area contributed by atoms with Crippen LogP contribution in [0.3, 0.4) is 0 Å². The number of nitrogens with zero attached hydrogens (tertiary/aromatic N) is 2. The molecule has 186 valence electrons. The van der Waals surface area contributed by atoms with E-state index in [0.717, 1.165) is 22.7 Å². The number of carbonyl (C=O) groups is 2. The number of sulfonamides is 1. The molecule has 34 heavy (non-hydrogen) atoms. The molecule has 0 saturated carbocycles. The number of amides is 2. The van der Waals surface area contributed by atoms with Crippen LogP contribution in [0.4, 0.5) is 10.1 Å². The minimum absolute atomic E-state index is 0.0137. The fourth-order valence-corrected chi connectivity index (χ4v) is 4.40. The molecule has 2 aromatic rings. The van der Waals surface area contributed by atoms with Crippen LogP contribution >= 0.6 is 34.8 Å². The van der Waals surface area contributed by atoms with Crippen LogP contribution < -0.4 is 9.62 Å². The predicted octanol–water partition coefficient (Wildman–Crippen LogP) is 4.50. The van der Waals surface area contributed by atoms with E-state index in [1.54, 1.807) is 25.1 Å². The summed E-state index contributed by atoms with van der Waals surface area (Å²) >= 11 is 17.9. The molecule has 0 unspecified atom stereocenters. The van der Waals surface area contributed by atoms with Crippen LogP contribution in [-0.2, 0) is 26.2 Å². The van der Waals surface area contributed by atoms with Gasteiger partial charge >= 0.3 is 0 Å². The van der Waals surface area contributed by atoms with Gasteiger partial charge in [-0.25, -0.2) is 12.8 Å². The van der Waals surface area contributed by atoms with Gasteiger partial charge < -0.3 is 10.2 Å². The number of halogens is 4. The lowest BCUT2D eigenvalue weighted by Gasteiger charge is -2.31. The van der Waals surface area contributed by atoms with Crippen molar-refractivity contribution in [2.75, 3.05) is 23.7 Å². The summed E-state index contributed by atoms with van der Waals surface area (Å²) in [6, 6.07) is 7.18. The molecular formula is C22H25Cl3FN3O4S. The summed E-state index contributed by atoms with van der Waals surface area (Å²) < 4.78 is 39.4. The SMILES string of the molecule is CCCNC(=O)[C@@H](C)N(Cc1ccc(Cl)c(Cl)c1)C(=O)CN(c1ccc(F)c(Cl)c1)S(C)(=O)=O. The summed E-state index contributed by atoms with van der Waals surface area (Å²) in [6.45, 7) is 3.19. The minimum Gasteiger partial charge on any atom is -0.354 e. The normalized spacial score (nSPS) is 12.2. The van der Waals surface area contributed by atoms with Crippen LogP contribution in [0.2, 0.25) is 15.1 Å². The summed E-state index contributed by atoms with van der Waals surface area (Å²) in [7, 11) is -3.96. The number of carbonyl (C=O) groups excluding carboxylic acids is 2. The number of rotatable bonds is 10. The Morgan fingerprint density at radius 3 is 2.29 bits per heavy atom. The fourth-order valence-electron chi connectivity index (χ4n) is 3.07. The van der Waals surface area contributed by atoms with Gasteiger partial charge in [-0.3, -0.25) is 13.9 Å². The highest BCUT2D eigenvalue weighted by molar-refractivity contribution is 7.92. The Morgan fingerprint density at radius 1 is 1.06 bits per heavy atom. The molecule has 2 aromatic carbocycles. The van der Waals surface area contributed by atoms with E-state index in [-0.39, 0.29) is 22.3 Å². The fraction of sp³-hybridized carbons (Fsp3) is 0.364. The molecule has 0 radical (unpaired) electrons. The lowest BCUT2D eigenvalue weighted by atomic mass is 10.1. The molecule has 0 fully saturated rings. The zero-order chi connectivity index (χ0) is 25.6. The molecule has 0 aliphatic carbocycles. The Kier molecular flexibility index (Phi) is 9.99. The molecule has 0 aromatic heterocycles. The maximum Gasteiger partial charge on any atom is 0.244 e. The molecular weight excluding hydrogens is 528 g/mol. The summed E-state index contributed by atoms with van der Waals surface area (Å²) in [5.74, 6) is -1.78. The number of anilines is 1. The molecule has 0 heterocycles. The Bertz CT molecular complexity index is 1160. The van der Waals surface area contributed by atoms with Crippen molar-refractivity contribution in [1.82, 2.24) is 10.2 Å². The standard InChI is InChI=1S/C22H25Cl3FN3O4S/c1-4-9-27-22(31)14(2)28(12-15-5-7-17(23)18(24)10-15)21(30)13-29(34(3,32)33)16-6-8-20(26)19(25)11-16/h5-8,10-11,14H,4,9,12-13H2,1-3H3,(H,27,31)/t14-/m1/s1. The lowest BCUT2D eigenvalue weighted by molar-refractivity contribution is -0.139. The van der Waals surface area contributed by atoms with Crippen molar-refractivity contribution < 1.29 is 22.4 Å². The van der Waals surface area contributed by atoms with E-state index in [1.165, 1.54) is 11.0 Å². The third-order valence-electron chi connectivity index (χ3n) is 4.92.